The summed E-state index contributed by atoms with van der Waals surface area (Å²) in [6, 6.07) is 13.9. The van der Waals surface area contributed by atoms with Gasteiger partial charge in [-0.3, -0.25) is 4.79 Å². The first kappa shape index (κ1) is 23.3. The van der Waals surface area contributed by atoms with Crippen molar-refractivity contribution >= 4 is 29.3 Å². The largest absolute Gasteiger partial charge is 0.494 e. The Morgan fingerprint density at radius 2 is 1.97 bits per heavy atom. The van der Waals surface area contributed by atoms with Gasteiger partial charge in [0.2, 0.25) is 5.91 Å². The highest BCUT2D eigenvalue weighted by Gasteiger charge is 2.42. The van der Waals surface area contributed by atoms with E-state index in [1.54, 1.807) is 11.8 Å². The number of hydrogen-bond donors (Lipinski definition) is 1. The second-order valence-electron chi connectivity index (χ2n) is 8.71. The van der Waals surface area contributed by atoms with E-state index < -0.39 is 0 Å². The molecular formula is C26H32ClNO3S. The minimum absolute atomic E-state index is 0.0793. The van der Waals surface area contributed by atoms with Crippen molar-refractivity contribution in [2.75, 3.05) is 18.9 Å². The molecule has 4 nitrogen and oxygen atoms in total. The van der Waals surface area contributed by atoms with E-state index in [0.717, 1.165) is 47.8 Å². The second kappa shape index (κ2) is 10.8. The number of ether oxygens (including phenoxy) is 2. The first-order valence-corrected chi connectivity index (χ1v) is 13.1. The normalized spacial score (nSPS) is 19.1. The molecule has 1 fully saturated rings. The maximum Gasteiger partial charge on any atom is 0.230 e. The van der Waals surface area contributed by atoms with Crippen LogP contribution >= 0.6 is 23.4 Å². The molecule has 2 aromatic rings. The van der Waals surface area contributed by atoms with E-state index in [9.17, 15) is 4.79 Å². The molecule has 4 rings (SSSR count). The van der Waals surface area contributed by atoms with Gasteiger partial charge in [0.05, 0.1) is 12.4 Å². The molecule has 1 heterocycles. The molecule has 1 saturated carbocycles. The average molecular weight is 474 g/mol. The van der Waals surface area contributed by atoms with Gasteiger partial charge in [-0.2, -0.15) is 0 Å². The highest BCUT2D eigenvalue weighted by molar-refractivity contribution is 8.00. The molecule has 0 saturated heterocycles. The second-order valence-corrected chi connectivity index (χ2v) is 10.3. The minimum Gasteiger partial charge on any atom is -0.494 e. The van der Waals surface area contributed by atoms with Crippen LogP contribution in [0.3, 0.4) is 0 Å². The zero-order valence-electron chi connectivity index (χ0n) is 18.7. The molecule has 1 aliphatic heterocycles. The number of carbonyl (C=O) groups excluding carboxylic acids is 1. The van der Waals surface area contributed by atoms with E-state index in [4.69, 9.17) is 21.1 Å². The number of amides is 1. The summed E-state index contributed by atoms with van der Waals surface area (Å²) in [5.41, 5.74) is 2.25. The lowest BCUT2D eigenvalue weighted by atomic mass is 9.78. The Balaban J connectivity index is 1.37. The van der Waals surface area contributed by atoms with E-state index in [1.807, 2.05) is 37.3 Å². The molecule has 6 heteroatoms. The van der Waals surface area contributed by atoms with Gasteiger partial charge in [-0.15, -0.1) is 11.8 Å². The van der Waals surface area contributed by atoms with Crippen LogP contribution < -0.4 is 14.8 Å². The number of nitrogens with one attached hydrogen (secondary N) is 1. The highest BCUT2D eigenvalue weighted by atomic mass is 35.5. The summed E-state index contributed by atoms with van der Waals surface area (Å²) in [7, 11) is 0. The Labute approximate surface area is 200 Å². The van der Waals surface area contributed by atoms with Crippen LogP contribution in [0.15, 0.2) is 42.5 Å². The van der Waals surface area contributed by atoms with Gasteiger partial charge in [0.15, 0.2) is 0 Å². The van der Waals surface area contributed by atoms with Gasteiger partial charge in [0, 0.05) is 28.8 Å². The lowest BCUT2D eigenvalue weighted by Crippen LogP contribution is -2.42. The van der Waals surface area contributed by atoms with Crippen LogP contribution in [0.4, 0.5) is 0 Å². The molecule has 32 heavy (non-hydrogen) atoms. The van der Waals surface area contributed by atoms with Gasteiger partial charge < -0.3 is 14.8 Å². The zero-order valence-corrected chi connectivity index (χ0v) is 20.3. The lowest BCUT2D eigenvalue weighted by molar-refractivity contribution is -0.118. The highest BCUT2D eigenvalue weighted by Crippen LogP contribution is 2.51. The number of hydrogen-bond acceptors (Lipinski definition) is 4. The van der Waals surface area contributed by atoms with E-state index in [-0.39, 0.29) is 16.8 Å². The van der Waals surface area contributed by atoms with Crippen molar-refractivity contribution < 1.29 is 14.3 Å². The monoisotopic (exact) mass is 473 g/mol. The van der Waals surface area contributed by atoms with Crippen molar-refractivity contribution in [3.05, 3.63) is 58.6 Å². The van der Waals surface area contributed by atoms with Crippen LogP contribution in [0.1, 0.15) is 61.8 Å². The van der Waals surface area contributed by atoms with Crippen molar-refractivity contribution in [3.8, 4) is 11.5 Å². The van der Waals surface area contributed by atoms with Crippen molar-refractivity contribution in [1.82, 2.24) is 5.32 Å². The average Bonchev–Trinajstić information content (AvgIpc) is 2.80. The van der Waals surface area contributed by atoms with Crippen LogP contribution in [0.2, 0.25) is 5.02 Å². The summed E-state index contributed by atoms with van der Waals surface area (Å²) in [6.07, 6.45) is 7.68. The number of fused-ring (bicyclic) bond motifs is 1. The van der Waals surface area contributed by atoms with Crippen molar-refractivity contribution in [1.29, 1.82) is 0 Å². The standard InChI is InChI=1S/C26H32ClNO3S/c1-2-30-21-10-11-23-22(16-21)24(17-26(31-23)13-4-3-5-14-26)32-18-25(29)28-15-12-19-6-8-20(27)9-7-19/h6-11,16,24H,2-5,12-15,17-18H2,1H3,(H,28,29)/t24-/m0/s1. The summed E-state index contributed by atoms with van der Waals surface area (Å²) in [5.74, 6) is 2.35. The fraction of sp³-hybridized carbons (Fsp3) is 0.500. The van der Waals surface area contributed by atoms with Gasteiger partial charge in [-0.1, -0.05) is 30.2 Å². The van der Waals surface area contributed by atoms with Gasteiger partial charge in [-0.05, 0) is 74.9 Å². The smallest absolute Gasteiger partial charge is 0.230 e. The Morgan fingerprint density at radius 3 is 2.72 bits per heavy atom. The fourth-order valence-corrected chi connectivity index (χ4v) is 6.09. The van der Waals surface area contributed by atoms with Crippen molar-refractivity contribution in [2.24, 2.45) is 0 Å². The SMILES string of the molecule is CCOc1ccc2c(c1)[C@@H](SCC(=O)NCCc1ccc(Cl)cc1)CC1(CCCCC1)O2. The fourth-order valence-electron chi connectivity index (χ4n) is 4.73. The maximum absolute atomic E-state index is 12.6. The van der Waals surface area contributed by atoms with Crippen molar-refractivity contribution in [3.63, 3.8) is 0 Å². The first-order valence-electron chi connectivity index (χ1n) is 11.7. The van der Waals surface area contributed by atoms with E-state index >= 15 is 0 Å². The van der Waals surface area contributed by atoms with E-state index in [1.165, 1.54) is 24.8 Å². The Hall–Kier alpha value is -1.85. The van der Waals surface area contributed by atoms with Crippen LogP contribution in [-0.2, 0) is 11.2 Å². The van der Waals surface area contributed by atoms with E-state index in [0.29, 0.717) is 18.9 Å². The quantitative estimate of drug-likeness (QED) is 0.484. The molecule has 0 unspecified atom stereocenters. The number of halogens is 1. The summed E-state index contributed by atoms with van der Waals surface area (Å²) >= 11 is 7.66. The summed E-state index contributed by atoms with van der Waals surface area (Å²) in [6.45, 7) is 3.26. The molecule has 1 spiro atoms. The van der Waals surface area contributed by atoms with Crippen molar-refractivity contribution in [2.45, 2.75) is 62.7 Å². The van der Waals surface area contributed by atoms with Crippen LogP contribution in [0.5, 0.6) is 11.5 Å². The molecule has 0 aromatic heterocycles. The molecule has 1 amide bonds. The molecule has 2 aliphatic rings. The van der Waals surface area contributed by atoms with Crippen LogP contribution in [0, 0.1) is 0 Å². The first-order chi connectivity index (χ1) is 15.6. The molecule has 1 atom stereocenters. The third-order valence-electron chi connectivity index (χ3n) is 6.35. The van der Waals surface area contributed by atoms with Gasteiger partial charge in [0.1, 0.15) is 17.1 Å². The molecule has 1 N–H and O–H groups in total. The molecular weight excluding hydrogens is 442 g/mol. The zero-order chi connectivity index (χ0) is 22.4. The lowest BCUT2D eigenvalue weighted by Gasteiger charge is -2.44. The number of carbonyl (C=O) groups is 1. The van der Waals surface area contributed by atoms with Gasteiger partial charge in [-0.25, -0.2) is 0 Å². The molecule has 0 radical (unpaired) electrons. The summed E-state index contributed by atoms with van der Waals surface area (Å²) in [4.78, 5) is 12.6. The predicted molar refractivity (Wildman–Crippen MR) is 132 cm³/mol. The minimum atomic E-state index is -0.0822. The molecule has 0 bridgehead atoms. The van der Waals surface area contributed by atoms with Crippen LogP contribution in [-0.4, -0.2) is 30.4 Å². The van der Waals surface area contributed by atoms with Gasteiger partial charge >= 0.3 is 0 Å². The third-order valence-corrected chi connectivity index (χ3v) is 7.86. The number of benzene rings is 2. The van der Waals surface area contributed by atoms with E-state index in [2.05, 4.69) is 17.4 Å². The maximum atomic E-state index is 12.6. The Morgan fingerprint density at radius 1 is 1.19 bits per heavy atom. The predicted octanol–water partition coefficient (Wildman–Crippen LogP) is 6.36. The Bertz CT molecular complexity index is 912. The van der Waals surface area contributed by atoms with Crippen LogP contribution in [0.25, 0.3) is 0 Å². The number of thioether (sulfide) groups is 1. The Kier molecular flexibility index (Phi) is 7.90. The van der Waals surface area contributed by atoms with Gasteiger partial charge in [0.25, 0.3) is 0 Å². The molecule has 1 aliphatic carbocycles. The molecule has 2 aromatic carbocycles. The summed E-state index contributed by atoms with van der Waals surface area (Å²) in [5, 5.41) is 4.03. The third kappa shape index (κ3) is 5.93. The number of rotatable bonds is 8. The molecule has 172 valence electrons. The topological polar surface area (TPSA) is 47.6 Å². The summed E-state index contributed by atoms with van der Waals surface area (Å²) < 4.78 is 12.3.